The van der Waals surface area contributed by atoms with Crippen LogP contribution in [0.4, 0.5) is 0 Å². The summed E-state index contributed by atoms with van der Waals surface area (Å²) in [5.41, 5.74) is 0. The van der Waals surface area contributed by atoms with Gasteiger partial charge < -0.3 is 10.2 Å². The van der Waals surface area contributed by atoms with E-state index in [9.17, 15) is 0 Å². The summed E-state index contributed by atoms with van der Waals surface area (Å²) < 4.78 is 1.98. The number of hydrogen-bond acceptors (Lipinski definition) is 4. The van der Waals surface area contributed by atoms with E-state index in [4.69, 9.17) is 0 Å². The van der Waals surface area contributed by atoms with E-state index in [0.29, 0.717) is 6.04 Å². The normalized spacial score (nSPS) is 16.8. The largest absolute Gasteiger partial charge is 0.310 e. The van der Waals surface area contributed by atoms with E-state index in [0.717, 1.165) is 18.9 Å². The topological polar surface area (TPSA) is 46.0 Å². The number of hydrogen-bond donors (Lipinski definition) is 1. The molecule has 0 spiro atoms. The molecule has 1 saturated heterocycles. The van der Waals surface area contributed by atoms with Gasteiger partial charge in [0.2, 0.25) is 0 Å². The standard InChI is InChI=1S/C13H25N5/c1-12(2)18-13(15-11-16-18)10-14-6-5-9-17-7-3-4-8-17/h11-12,14H,3-10H2,1-2H3. The first-order valence-electron chi connectivity index (χ1n) is 7.09. The van der Waals surface area contributed by atoms with E-state index in [1.54, 1.807) is 6.33 Å². The Labute approximate surface area is 110 Å². The highest BCUT2D eigenvalue weighted by Crippen LogP contribution is 2.07. The summed E-state index contributed by atoms with van der Waals surface area (Å²) in [5.74, 6) is 1.03. The van der Waals surface area contributed by atoms with Crippen molar-refractivity contribution in [2.24, 2.45) is 0 Å². The second kappa shape index (κ2) is 6.85. The van der Waals surface area contributed by atoms with Crippen LogP contribution in [0.15, 0.2) is 6.33 Å². The van der Waals surface area contributed by atoms with Crippen molar-refractivity contribution >= 4 is 0 Å². The summed E-state index contributed by atoms with van der Waals surface area (Å²) in [6.07, 6.45) is 5.62. The van der Waals surface area contributed by atoms with Crippen LogP contribution in [0.3, 0.4) is 0 Å². The maximum absolute atomic E-state index is 4.29. The van der Waals surface area contributed by atoms with Crippen molar-refractivity contribution in [3.05, 3.63) is 12.2 Å². The van der Waals surface area contributed by atoms with E-state index >= 15 is 0 Å². The zero-order chi connectivity index (χ0) is 12.8. The van der Waals surface area contributed by atoms with Crippen molar-refractivity contribution < 1.29 is 0 Å². The molecule has 1 aromatic rings. The highest BCUT2D eigenvalue weighted by molar-refractivity contribution is 4.85. The molecule has 0 atom stereocenters. The smallest absolute Gasteiger partial charge is 0.141 e. The number of likely N-dealkylation sites (tertiary alicyclic amines) is 1. The van der Waals surface area contributed by atoms with Gasteiger partial charge in [0.25, 0.3) is 0 Å². The molecule has 0 saturated carbocycles. The van der Waals surface area contributed by atoms with Crippen molar-refractivity contribution in [3.63, 3.8) is 0 Å². The lowest BCUT2D eigenvalue weighted by Crippen LogP contribution is -2.25. The van der Waals surface area contributed by atoms with Gasteiger partial charge >= 0.3 is 0 Å². The van der Waals surface area contributed by atoms with Crippen LogP contribution >= 0.6 is 0 Å². The minimum absolute atomic E-state index is 0.383. The Bertz CT molecular complexity index is 341. The molecule has 0 radical (unpaired) electrons. The molecule has 0 unspecified atom stereocenters. The first-order valence-corrected chi connectivity index (χ1v) is 7.09. The molecule has 1 aliphatic rings. The third kappa shape index (κ3) is 3.78. The van der Waals surface area contributed by atoms with Crippen LogP contribution in [0.5, 0.6) is 0 Å². The van der Waals surface area contributed by atoms with Crippen molar-refractivity contribution in [1.29, 1.82) is 0 Å². The Hall–Kier alpha value is -0.940. The number of aromatic nitrogens is 3. The fourth-order valence-corrected chi connectivity index (χ4v) is 2.47. The molecule has 18 heavy (non-hydrogen) atoms. The molecule has 2 rings (SSSR count). The van der Waals surface area contributed by atoms with E-state index in [1.807, 2.05) is 4.68 Å². The maximum Gasteiger partial charge on any atom is 0.141 e. The highest BCUT2D eigenvalue weighted by Gasteiger charge is 2.10. The lowest BCUT2D eigenvalue weighted by Gasteiger charge is -2.14. The van der Waals surface area contributed by atoms with Gasteiger partial charge in [0.15, 0.2) is 0 Å². The van der Waals surface area contributed by atoms with E-state index in [2.05, 4.69) is 34.1 Å². The summed E-state index contributed by atoms with van der Waals surface area (Å²) in [5, 5.41) is 7.69. The van der Waals surface area contributed by atoms with Crippen molar-refractivity contribution in [2.75, 3.05) is 26.2 Å². The van der Waals surface area contributed by atoms with Crippen LogP contribution < -0.4 is 5.32 Å². The molecule has 5 heteroatoms. The maximum atomic E-state index is 4.29. The lowest BCUT2D eigenvalue weighted by molar-refractivity contribution is 0.330. The molecule has 102 valence electrons. The molecule has 1 fully saturated rings. The van der Waals surface area contributed by atoms with Gasteiger partial charge in [0, 0.05) is 6.04 Å². The second-order valence-corrected chi connectivity index (χ2v) is 5.29. The highest BCUT2D eigenvalue weighted by atomic mass is 15.4. The van der Waals surface area contributed by atoms with Crippen LogP contribution in [0, 0.1) is 0 Å². The molecule has 5 nitrogen and oxygen atoms in total. The minimum Gasteiger partial charge on any atom is -0.310 e. The average molecular weight is 251 g/mol. The van der Waals surface area contributed by atoms with Crippen LogP contribution in [0.25, 0.3) is 0 Å². The molecule has 2 heterocycles. The van der Waals surface area contributed by atoms with E-state index in [-0.39, 0.29) is 0 Å². The summed E-state index contributed by atoms with van der Waals surface area (Å²) in [6, 6.07) is 0.383. The van der Waals surface area contributed by atoms with Crippen LogP contribution in [0.1, 0.15) is 45.0 Å². The minimum atomic E-state index is 0.383. The molecule has 0 amide bonds. The fourth-order valence-electron chi connectivity index (χ4n) is 2.47. The fraction of sp³-hybridized carbons (Fsp3) is 0.846. The molecule has 0 bridgehead atoms. The van der Waals surface area contributed by atoms with Gasteiger partial charge in [-0.2, -0.15) is 5.10 Å². The Morgan fingerprint density at radius 2 is 2.11 bits per heavy atom. The van der Waals surface area contributed by atoms with E-state index < -0.39 is 0 Å². The van der Waals surface area contributed by atoms with Crippen molar-refractivity contribution in [1.82, 2.24) is 25.0 Å². The van der Waals surface area contributed by atoms with E-state index in [1.165, 1.54) is 38.9 Å². The Balaban J connectivity index is 1.61. The zero-order valence-electron chi connectivity index (χ0n) is 11.6. The lowest BCUT2D eigenvalue weighted by atomic mass is 10.3. The molecule has 1 N–H and O–H groups in total. The third-order valence-electron chi connectivity index (χ3n) is 3.45. The van der Waals surface area contributed by atoms with Gasteiger partial charge in [-0.05, 0) is 59.3 Å². The van der Waals surface area contributed by atoms with Gasteiger partial charge in [-0.25, -0.2) is 9.67 Å². The van der Waals surface area contributed by atoms with Gasteiger partial charge in [-0.3, -0.25) is 0 Å². The Kier molecular flexibility index (Phi) is 5.13. The molecular weight excluding hydrogens is 226 g/mol. The molecular formula is C13H25N5. The summed E-state index contributed by atoms with van der Waals surface area (Å²) in [6.45, 7) is 9.95. The third-order valence-corrected chi connectivity index (χ3v) is 3.45. The van der Waals surface area contributed by atoms with Crippen molar-refractivity contribution in [2.45, 2.75) is 45.7 Å². The predicted molar refractivity (Wildman–Crippen MR) is 72.4 cm³/mol. The SMILES string of the molecule is CC(C)n1ncnc1CNCCCN1CCCC1. The molecule has 0 aromatic carbocycles. The summed E-state index contributed by atoms with van der Waals surface area (Å²) >= 11 is 0. The summed E-state index contributed by atoms with van der Waals surface area (Å²) in [7, 11) is 0. The Morgan fingerprint density at radius 1 is 1.33 bits per heavy atom. The zero-order valence-corrected chi connectivity index (χ0v) is 11.6. The van der Waals surface area contributed by atoms with Crippen LogP contribution in [-0.4, -0.2) is 45.8 Å². The number of nitrogens with one attached hydrogen (secondary N) is 1. The Morgan fingerprint density at radius 3 is 2.83 bits per heavy atom. The molecule has 1 aromatic heterocycles. The van der Waals surface area contributed by atoms with Crippen molar-refractivity contribution in [3.8, 4) is 0 Å². The van der Waals surface area contributed by atoms with Gasteiger partial charge in [0.05, 0.1) is 6.54 Å². The molecule has 1 aliphatic heterocycles. The van der Waals surface area contributed by atoms with Crippen LogP contribution in [-0.2, 0) is 6.54 Å². The predicted octanol–water partition coefficient (Wildman–Crippen LogP) is 1.43. The molecule has 0 aliphatic carbocycles. The van der Waals surface area contributed by atoms with Gasteiger partial charge in [-0.1, -0.05) is 0 Å². The first-order chi connectivity index (χ1) is 8.77. The van der Waals surface area contributed by atoms with Gasteiger partial charge in [0.1, 0.15) is 12.2 Å². The van der Waals surface area contributed by atoms with Gasteiger partial charge in [-0.15, -0.1) is 0 Å². The second-order valence-electron chi connectivity index (χ2n) is 5.29. The average Bonchev–Trinajstić information content (AvgIpc) is 2.98. The summed E-state index contributed by atoms with van der Waals surface area (Å²) in [4.78, 5) is 6.85. The monoisotopic (exact) mass is 251 g/mol. The number of nitrogens with zero attached hydrogens (tertiary/aromatic N) is 4. The first kappa shape index (κ1) is 13.5. The van der Waals surface area contributed by atoms with Crippen LogP contribution in [0.2, 0.25) is 0 Å². The quantitative estimate of drug-likeness (QED) is 0.745. The number of rotatable bonds is 7.